The van der Waals surface area contributed by atoms with Gasteiger partial charge in [0.1, 0.15) is 6.61 Å². The highest BCUT2D eigenvalue weighted by atomic mass is 19.1. The molecule has 0 bridgehead atoms. The van der Waals surface area contributed by atoms with E-state index in [1.165, 1.54) is 18.2 Å². The van der Waals surface area contributed by atoms with Crippen molar-refractivity contribution in [2.24, 2.45) is 0 Å². The van der Waals surface area contributed by atoms with Crippen molar-refractivity contribution in [2.75, 3.05) is 5.32 Å². The molecule has 0 radical (unpaired) electrons. The summed E-state index contributed by atoms with van der Waals surface area (Å²) in [5.41, 5.74) is 0.668. The van der Waals surface area contributed by atoms with Crippen LogP contribution in [0.4, 0.5) is 14.9 Å². The Morgan fingerprint density at radius 1 is 1.22 bits per heavy atom. The van der Waals surface area contributed by atoms with Crippen molar-refractivity contribution in [1.82, 2.24) is 0 Å². The second kappa shape index (κ2) is 7.69. The van der Waals surface area contributed by atoms with E-state index in [0.717, 1.165) is 11.6 Å². The highest BCUT2D eigenvalue weighted by molar-refractivity contribution is 5.85. The summed E-state index contributed by atoms with van der Waals surface area (Å²) in [4.78, 5) is 21.3. The van der Waals surface area contributed by atoms with Gasteiger partial charge in [-0.25, -0.2) is 9.18 Å². The van der Waals surface area contributed by atoms with E-state index in [-0.39, 0.29) is 17.9 Å². The van der Waals surface area contributed by atoms with Crippen LogP contribution in [0.5, 0.6) is 0 Å². The van der Waals surface area contributed by atoms with Crippen LogP contribution in [-0.2, 0) is 11.3 Å². The molecule has 6 nitrogen and oxygen atoms in total. The second-order valence-corrected chi connectivity index (χ2v) is 4.50. The average molecular weight is 316 g/mol. The molecule has 23 heavy (non-hydrogen) atoms. The number of amides is 1. The summed E-state index contributed by atoms with van der Waals surface area (Å²) < 4.78 is 19.1. The molecule has 0 saturated carbocycles. The van der Waals surface area contributed by atoms with E-state index in [0.29, 0.717) is 6.20 Å². The first-order chi connectivity index (χ1) is 11.1. The molecule has 2 aromatic carbocycles. The Balaban J connectivity index is 2.00. The number of carbonyl (C=O) groups is 1. The molecule has 0 aromatic heterocycles. The Morgan fingerprint density at radius 3 is 2.65 bits per heavy atom. The summed E-state index contributed by atoms with van der Waals surface area (Å²) in [6.07, 6.45) is 0.814. The number of benzene rings is 2. The van der Waals surface area contributed by atoms with Crippen molar-refractivity contribution >= 4 is 17.9 Å². The first kappa shape index (κ1) is 16.2. The molecule has 2 aromatic rings. The van der Waals surface area contributed by atoms with Gasteiger partial charge in [0.05, 0.1) is 10.6 Å². The largest absolute Gasteiger partial charge is 0.444 e. The summed E-state index contributed by atoms with van der Waals surface area (Å²) in [6.45, 7) is 0.0508. The van der Waals surface area contributed by atoms with Gasteiger partial charge in [-0.1, -0.05) is 42.5 Å². The Bertz CT molecular complexity index is 732. The quantitative estimate of drug-likeness (QED) is 0.671. The molecule has 1 N–H and O–H groups in total. The Kier molecular flexibility index (Phi) is 5.40. The fourth-order valence-corrected chi connectivity index (χ4v) is 1.79. The van der Waals surface area contributed by atoms with E-state index in [9.17, 15) is 19.3 Å². The lowest BCUT2D eigenvalue weighted by atomic mass is 10.2. The van der Waals surface area contributed by atoms with Crippen LogP contribution >= 0.6 is 0 Å². The van der Waals surface area contributed by atoms with Gasteiger partial charge < -0.3 is 4.74 Å². The number of ether oxygens (including phenoxy) is 1. The molecule has 0 aliphatic carbocycles. The van der Waals surface area contributed by atoms with Crippen LogP contribution in [0.25, 0.3) is 6.08 Å². The molecule has 0 fully saturated rings. The lowest BCUT2D eigenvalue weighted by Gasteiger charge is -2.09. The third-order valence-electron chi connectivity index (χ3n) is 2.85. The molecule has 0 aliphatic heterocycles. The van der Waals surface area contributed by atoms with E-state index < -0.39 is 16.8 Å². The normalized spacial score (nSPS) is 10.5. The molecule has 2 rings (SSSR count). The maximum Gasteiger partial charge on any atom is 0.412 e. The first-order valence-corrected chi connectivity index (χ1v) is 6.64. The highest BCUT2D eigenvalue weighted by Crippen LogP contribution is 2.19. The van der Waals surface area contributed by atoms with Crippen molar-refractivity contribution < 1.29 is 18.8 Å². The summed E-state index contributed by atoms with van der Waals surface area (Å²) in [7, 11) is 0. The number of nitrogens with zero attached hydrogens (tertiary/aromatic N) is 1. The minimum atomic E-state index is -0.817. The van der Waals surface area contributed by atoms with Crippen LogP contribution in [0.3, 0.4) is 0 Å². The predicted octanol–water partition coefficient (Wildman–Crippen LogP) is 3.82. The molecule has 7 heteroatoms. The number of rotatable bonds is 5. The zero-order valence-electron chi connectivity index (χ0n) is 11.9. The molecule has 118 valence electrons. The summed E-state index contributed by atoms with van der Waals surface area (Å²) in [5, 5.41) is 12.5. The maximum atomic E-state index is 14.1. The van der Waals surface area contributed by atoms with Crippen LogP contribution in [0.15, 0.2) is 54.7 Å². The fraction of sp³-hybridized carbons (Fsp3) is 0.0625. The number of hydrogen-bond acceptors (Lipinski definition) is 4. The Hall–Kier alpha value is -3.22. The van der Waals surface area contributed by atoms with Gasteiger partial charge in [-0.3, -0.25) is 15.4 Å². The van der Waals surface area contributed by atoms with Crippen LogP contribution in [0, 0.1) is 15.9 Å². The molecular weight excluding hydrogens is 303 g/mol. The van der Waals surface area contributed by atoms with E-state index in [2.05, 4.69) is 5.32 Å². The van der Waals surface area contributed by atoms with Gasteiger partial charge in [0.2, 0.25) is 6.20 Å². The molecule has 0 heterocycles. The molecular formula is C16H13FN2O4. The topological polar surface area (TPSA) is 81.5 Å². The fourth-order valence-electron chi connectivity index (χ4n) is 1.79. The predicted molar refractivity (Wildman–Crippen MR) is 82.7 cm³/mol. The second-order valence-electron chi connectivity index (χ2n) is 4.50. The molecule has 0 saturated heterocycles. The van der Waals surface area contributed by atoms with Gasteiger partial charge in [0.25, 0.3) is 0 Å². The summed E-state index contributed by atoms with van der Waals surface area (Å²) >= 11 is 0. The zero-order valence-corrected chi connectivity index (χ0v) is 11.9. The number of carbonyl (C=O) groups excluding carboxylic acids is 1. The third-order valence-corrected chi connectivity index (χ3v) is 2.85. The van der Waals surface area contributed by atoms with Crippen LogP contribution in [0.2, 0.25) is 0 Å². The first-order valence-electron chi connectivity index (χ1n) is 6.64. The van der Waals surface area contributed by atoms with E-state index in [1.54, 1.807) is 24.3 Å². The highest BCUT2D eigenvalue weighted by Gasteiger charge is 2.11. The number of nitrogens with one attached hydrogen (secondary N) is 1. The lowest BCUT2D eigenvalue weighted by molar-refractivity contribution is -0.400. The van der Waals surface area contributed by atoms with Gasteiger partial charge in [0.15, 0.2) is 5.82 Å². The SMILES string of the molecule is O=C(Nc1cccc(/C=C/[N+](=O)[O-])c1F)OCc1ccccc1. The average Bonchev–Trinajstić information content (AvgIpc) is 2.54. The molecule has 0 unspecified atom stereocenters. The van der Waals surface area contributed by atoms with Crippen LogP contribution in [0.1, 0.15) is 11.1 Å². The maximum absolute atomic E-state index is 14.1. The lowest BCUT2D eigenvalue weighted by Crippen LogP contribution is -2.14. The van der Waals surface area contributed by atoms with E-state index >= 15 is 0 Å². The standard InChI is InChI=1S/C16H13FN2O4/c17-15-13(9-10-19(21)22)7-4-8-14(15)18-16(20)23-11-12-5-2-1-3-6-12/h1-10H,11H2,(H,18,20)/b10-9+. The Morgan fingerprint density at radius 2 is 1.96 bits per heavy atom. The smallest absolute Gasteiger partial charge is 0.412 e. The van der Waals surface area contributed by atoms with Gasteiger partial charge in [-0.2, -0.15) is 0 Å². The van der Waals surface area contributed by atoms with Crippen molar-refractivity contribution in [1.29, 1.82) is 0 Å². The van der Waals surface area contributed by atoms with Crippen molar-refractivity contribution in [3.63, 3.8) is 0 Å². The number of halogens is 1. The summed E-state index contributed by atoms with van der Waals surface area (Å²) in [5.74, 6) is -0.776. The van der Waals surface area contributed by atoms with E-state index in [1.807, 2.05) is 6.07 Å². The Labute approximate surface area is 131 Å². The summed E-state index contributed by atoms with van der Waals surface area (Å²) in [6, 6.07) is 13.2. The molecule has 0 spiro atoms. The molecule has 0 aliphatic rings. The van der Waals surface area contributed by atoms with Gasteiger partial charge >= 0.3 is 6.09 Å². The number of hydrogen-bond donors (Lipinski definition) is 1. The minimum Gasteiger partial charge on any atom is -0.444 e. The monoisotopic (exact) mass is 316 g/mol. The number of anilines is 1. The minimum absolute atomic E-state index is 0.0115. The van der Waals surface area contributed by atoms with Gasteiger partial charge in [-0.05, 0) is 11.6 Å². The van der Waals surface area contributed by atoms with Crippen molar-refractivity contribution in [3.8, 4) is 0 Å². The van der Waals surface area contributed by atoms with E-state index in [4.69, 9.17) is 4.74 Å². The van der Waals surface area contributed by atoms with Crippen molar-refractivity contribution in [2.45, 2.75) is 6.61 Å². The van der Waals surface area contributed by atoms with Crippen molar-refractivity contribution in [3.05, 3.63) is 81.8 Å². The van der Waals surface area contributed by atoms with Gasteiger partial charge in [0, 0.05) is 11.6 Å². The molecule has 1 amide bonds. The third kappa shape index (κ3) is 4.92. The van der Waals surface area contributed by atoms with Crippen LogP contribution in [-0.4, -0.2) is 11.0 Å². The van der Waals surface area contributed by atoms with Gasteiger partial charge in [-0.15, -0.1) is 0 Å². The number of nitro groups is 1. The molecule has 0 atom stereocenters. The zero-order chi connectivity index (χ0) is 16.7. The van der Waals surface area contributed by atoms with Crippen LogP contribution < -0.4 is 5.32 Å².